The third-order valence-electron chi connectivity index (χ3n) is 6.37. The fraction of sp³-hybridized carbons (Fsp3) is 0.577. The summed E-state index contributed by atoms with van der Waals surface area (Å²) in [5.74, 6) is -1.68. The number of guanidine groups is 1. The highest BCUT2D eigenvalue weighted by Gasteiger charge is 2.38. The van der Waals surface area contributed by atoms with Gasteiger partial charge in [-0.25, -0.2) is 0 Å². The number of hydrogen-bond acceptors (Lipinski definition) is 6. The van der Waals surface area contributed by atoms with Crippen molar-refractivity contribution in [1.82, 2.24) is 10.2 Å². The molecule has 1 aliphatic heterocycles. The second-order valence-corrected chi connectivity index (χ2v) is 10.4. The quantitative estimate of drug-likeness (QED) is 0.183. The number of Topliss-reactive ketones (excluding diaryl/α,β-unsaturated/α-hetero) is 2. The van der Waals surface area contributed by atoms with Gasteiger partial charge in [-0.1, -0.05) is 36.7 Å². The van der Waals surface area contributed by atoms with Crippen LogP contribution in [0.5, 0.6) is 0 Å². The second-order valence-electron chi connectivity index (χ2n) is 9.46. The van der Waals surface area contributed by atoms with Gasteiger partial charge in [0.05, 0.1) is 13.2 Å². The molecule has 1 aromatic rings. The molecule has 0 spiro atoms. The van der Waals surface area contributed by atoms with E-state index in [1.54, 1.807) is 31.2 Å². The number of carbonyl (C=O) groups is 4. The van der Waals surface area contributed by atoms with Gasteiger partial charge >= 0.3 is 0 Å². The van der Waals surface area contributed by atoms with E-state index in [0.29, 0.717) is 31.4 Å². The molecular weight excluding hydrogens is 542 g/mol. The predicted octanol–water partition coefficient (Wildman–Crippen LogP) is 2.04. The van der Waals surface area contributed by atoms with Crippen molar-refractivity contribution in [3.63, 3.8) is 0 Å². The lowest BCUT2D eigenvalue weighted by Gasteiger charge is -2.38. The maximum atomic E-state index is 13.6. The average molecular weight is 581 g/mol. The molecule has 37 heavy (non-hydrogen) atoms. The molecule has 5 N–H and O–H groups in total. The first-order valence-electron chi connectivity index (χ1n) is 12.6. The van der Waals surface area contributed by atoms with Crippen molar-refractivity contribution in [2.24, 2.45) is 28.3 Å². The van der Waals surface area contributed by atoms with Crippen molar-refractivity contribution in [1.29, 1.82) is 0 Å². The van der Waals surface area contributed by atoms with Crippen LogP contribution in [-0.2, 0) is 19.1 Å². The number of nitrogens with one attached hydrogen (secondary N) is 1. The van der Waals surface area contributed by atoms with Gasteiger partial charge in [0.2, 0.25) is 5.91 Å². The highest BCUT2D eigenvalue weighted by Crippen LogP contribution is 2.21. The lowest BCUT2D eigenvalue weighted by atomic mass is 9.88. The molecule has 0 aromatic heterocycles. The lowest BCUT2D eigenvalue weighted by molar-refractivity contribution is -0.150. The molecule has 0 aliphatic carbocycles. The number of halogens is 1. The van der Waals surface area contributed by atoms with Gasteiger partial charge in [-0.3, -0.25) is 24.2 Å². The fourth-order valence-electron chi connectivity index (χ4n) is 4.24. The minimum Gasteiger partial charge on any atom is -0.377 e. The Bertz CT molecular complexity index is 978. The molecule has 1 saturated heterocycles. The first-order chi connectivity index (χ1) is 17.5. The summed E-state index contributed by atoms with van der Waals surface area (Å²) < 4.78 is 6.38. The second kappa shape index (κ2) is 14.8. The molecule has 11 heteroatoms. The Morgan fingerprint density at radius 1 is 1.19 bits per heavy atom. The molecule has 1 fully saturated rings. The fourth-order valence-corrected chi connectivity index (χ4v) is 4.51. The molecule has 0 unspecified atom stereocenters. The standard InChI is InChI=1S/C26H38BrN5O5/c1-4-21(33)18(6-5-11-30-26(28)29)14-22(34)20-15-37-13-12-32(20)25(36)23(16(2)3)31-24(35)17-7-9-19(27)10-8-17/h7-10,16,18,20,23H,4-6,11-15H2,1-3H3,(H,31,35)(H4,28,29,30)/t18-,20+,23+/m1/s1. The van der Waals surface area contributed by atoms with E-state index in [-0.39, 0.29) is 61.4 Å². The van der Waals surface area contributed by atoms with E-state index in [1.165, 1.54) is 4.90 Å². The zero-order valence-corrected chi connectivity index (χ0v) is 23.3. The Morgan fingerprint density at radius 3 is 2.46 bits per heavy atom. The van der Waals surface area contributed by atoms with Gasteiger partial charge < -0.3 is 26.4 Å². The SMILES string of the molecule is CCC(=O)[C@H](CCCN=C(N)N)CC(=O)[C@@H]1COCCN1C(=O)[C@@H](NC(=O)c1ccc(Br)cc1)C(C)C. The number of nitrogens with two attached hydrogens (primary N) is 2. The Labute approximate surface area is 226 Å². The molecule has 2 amide bonds. The number of ether oxygens (including phenoxy) is 1. The number of morpholine rings is 1. The Balaban J connectivity index is 2.14. The third-order valence-corrected chi connectivity index (χ3v) is 6.89. The molecule has 1 aromatic carbocycles. The molecular formula is C26H38BrN5O5. The number of aliphatic imine (C=N–C) groups is 1. The van der Waals surface area contributed by atoms with E-state index in [9.17, 15) is 19.2 Å². The zero-order chi connectivity index (χ0) is 27.5. The summed E-state index contributed by atoms with van der Waals surface area (Å²) in [6.07, 6.45) is 1.34. The van der Waals surface area contributed by atoms with Gasteiger partial charge in [0.25, 0.3) is 5.91 Å². The van der Waals surface area contributed by atoms with Crippen LogP contribution in [0.25, 0.3) is 0 Å². The van der Waals surface area contributed by atoms with E-state index in [0.717, 1.165) is 4.47 Å². The van der Waals surface area contributed by atoms with Crippen LogP contribution >= 0.6 is 15.9 Å². The molecule has 1 heterocycles. The van der Waals surface area contributed by atoms with Gasteiger partial charge in [-0.05, 0) is 43.0 Å². The highest BCUT2D eigenvalue weighted by atomic mass is 79.9. The molecule has 204 valence electrons. The first-order valence-corrected chi connectivity index (χ1v) is 13.4. The third kappa shape index (κ3) is 9.23. The number of ketones is 2. The highest BCUT2D eigenvalue weighted by molar-refractivity contribution is 9.10. The molecule has 1 aliphatic rings. The minimum atomic E-state index is -0.822. The number of carbonyl (C=O) groups excluding carboxylic acids is 4. The van der Waals surface area contributed by atoms with E-state index in [4.69, 9.17) is 16.2 Å². The number of amides is 2. The Morgan fingerprint density at radius 2 is 1.86 bits per heavy atom. The molecule has 3 atom stereocenters. The van der Waals surface area contributed by atoms with Crippen LogP contribution in [0.3, 0.4) is 0 Å². The zero-order valence-electron chi connectivity index (χ0n) is 21.7. The van der Waals surface area contributed by atoms with Gasteiger partial charge in [-0.15, -0.1) is 0 Å². The van der Waals surface area contributed by atoms with Crippen molar-refractivity contribution in [3.05, 3.63) is 34.3 Å². The minimum absolute atomic E-state index is 0.00387. The average Bonchev–Trinajstić information content (AvgIpc) is 2.87. The molecule has 2 rings (SSSR count). The lowest BCUT2D eigenvalue weighted by Crippen LogP contribution is -2.59. The van der Waals surface area contributed by atoms with Crippen molar-refractivity contribution in [2.45, 2.75) is 58.5 Å². The van der Waals surface area contributed by atoms with Crippen LogP contribution in [-0.4, -0.2) is 72.6 Å². The molecule has 0 radical (unpaired) electrons. The smallest absolute Gasteiger partial charge is 0.251 e. The van der Waals surface area contributed by atoms with Gasteiger partial charge in [-0.2, -0.15) is 0 Å². The maximum Gasteiger partial charge on any atom is 0.251 e. The first kappa shape index (κ1) is 30.4. The van der Waals surface area contributed by atoms with Gasteiger partial charge in [0.15, 0.2) is 11.7 Å². The Kier molecular flexibility index (Phi) is 12.2. The summed E-state index contributed by atoms with van der Waals surface area (Å²) in [7, 11) is 0. The van der Waals surface area contributed by atoms with Crippen molar-refractivity contribution in [3.8, 4) is 0 Å². The normalized spacial score (nSPS) is 17.1. The van der Waals surface area contributed by atoms with Crippen LogP contribution in [0.4, 0.5) is 0 Å². The van der Waals surface area contributed by atoms with E-state index in [2.05, 4.69) is 26.2 Å². The van der Waals surface area contributed by atoms with Crippen LogP contribution in [0.2, 0.25) is 0 Å². The maximum absolute atomic E-state index is 13.6. The predicted molar refractivity (Wildman–Crippen MR) is 145 cm³/mol. The summed E-state index contributed by atoms with van der Waals surface area (Å²) in [6.45, 7) is 6.38. The number of hydrogen-bond donors (Lipinski definition) is 3. The van der Waals surface area contributed by atoms with E-state index < -0.39 is 18.0 Å². The molecule has 0 bridgehead atoms. The topological polar surface area (TPSA) is 157 Å². The number of rotatable bonds is 13. The Hall–Kier alpha value is -2.79. The number of benzene rings is 1. The van der Waals surface area contributed by atoms with Gasteiger partial charge in [0, 0.05) is 41.9 Å². The number of nitrogens with zero attached hydrogens (tertiary/aromatic N) is 2. The van der Waals surface area contributed by atoms with Crippen LogP contribution < -0.4 is 16.8 Å². The summed E-state index contributed by atoms with van der Waals surface area (Å²) in [5, 5.41) is 2.84. The van der Waals surface area contributed by atoms with Crippen molar-refractivity contribution < 1.29 is 23.9 Å². The van der Waals surface area contributed by atoms with Crippen LogP contribution in [0, 0.1) is 11.8 Å². The summed E-state index contributed by atoms with van der Waals surface area (Å²) in [5.41, 5.74) is 11.1. The molecule has 0 saturated carbocycles. The van der Waals surface area contributed by atoms with Crippen LogP contribution in [0.1, 0.15) is 56.8 Å². The molecule has 10 nitrogen and oxygen atoms in total. The largest absolute Gasteiger partial charge is 0.377 e. The van der Waals surface area contributed by atoms with Crippen molar-refractivity contribution in [2.75, 3.05) is 26.3 Å². The van der Waals surface area contributed by atoms with Crippen molar-refractivity contribution >= 4 is 45.3 Å². The van der Waals surface area contributed by atoms with Crippen LogP contribution in [0.15, 0.2) is 33.7 Å². The summed E-state index contributed by atoms with van der Waals surface area (Å²) >= 11 is 3.34. The summed E-state index contributed by atoms with van der Waals surface area (Å²) in [4.78, 5) is 57.8. The van der Waals surface area contributed by atoms with Gasteiger partial charge in [0.1, 0.15) is 17.9 Å². The monoisotopic (exact) mass is 579 g/mol. The summed E-state index contributed by atoms with van der Waals surface area (Å²) in [6, 6.07) is 5.20. The van der Waals surface area contributed by atoms with E-state index in [1.807, 2.05) is 13.8 Å². The van der Waals surface area contributed by atoms with E-state index >= 15 is 0 Å².